The lowest BCUT2D eigenvalue weighted by atomic mass is 10.3. The van der Waals surface area contributed by atoms with Gasteiger partial charge in [-0.25, -0.2) is 0 Å². The Morgan fingerprint density at radius 3 is 3.20 bits per heavy atom. The van der Waals surface area contributed by atoms with Crippen LogP contribution in [0, 0.1) is 11.3 Å². The summed E-state index contributed by atoms with van der Waals surface area (Å²) >= 11 is 2.52. The minimum atomic E-state index is -0.194. The Bertz CT molecular complexity index is 669. The van der Waals surface area contributed by atoms with Gasteiger partial charge in [-0.1, -0.05) is 11.8 Å². The number of carbonyl (C=O) groups excluding carboxylic acids is 1. The first-order valence-corrected chi connectivity index (χ1v) is 7.86. The zero-order valence-corrected chi connectivity index (χ0v) is 12.0. The van der Waals surface area contributed by atoms with Crippen molar-refractivity contribution < 1.29 is 9.21 Å². The van der Waals surface area contributed by atoms with Crippen molar-refractivity contribution >= 4 is 34.0 Å². The molecule has 6 nitrogen and oxygen atoms in total. The van der Waals surface area contributed by atoms with Crippen LogP contribution in [0.15, 0.2) is 21.1 Å². The number of rotatable bonds is 5. The van der Waals surface area contributed by atoms with E-state index in [0.29, 0.717) is 27.6 Å². The SMILES string of the molecule is N#Cc1ccsc1NC(=O)CSc1nnc(C2CC2)o1. The number of carbonyl (C=O) groups is 1. The van der Waals surface area contributed by atoms with E-state index in [1.807, 2.05) is 6.07 Å². The third-order valence-electron chi connectivity index (χ3n) is 2.71. The molecule has 1 fully saturated rings. The molecular weight excluding hydrogens is 296 g/mol. The van der Waals surface area contributed by atoms with Crippen LogP contribution in [0.1, 0.15) is 30.2 Å². The van der Waals surface area contributed by atoms with Crippen LogP contribution in [-0.2, 0) is 4.79 Å². The van der Waals surface area contributed by atoms with Crippen molar-refractivity contribution in [2.45, 2.75) is 24.0 Å². The van der Waals surface area contributed by atoms with Crippen LogP contribution in [-0.4, -0.2) is 21.9 Å². The number of aromatic nitrogens is 2. The highest BCUT2D eigenvalue weighted by Gasteiger charge is 2.29. The van der Waals surface area contributed by atoms with Gasteiger partial charge in [-0.2, -0.15) is 5.26 Å². The molecule has 0 bridgehead atoms. The molecule has 0 spiro atoms. The number of nitriles is 1. The summed E-state index contributed by atoms with van der Waals surface area (Å²) in [4.78, 5) is 11.8. The second-order valence-electron chi connectivity index (χ2n) is 4.29. The second kappa shape index (κ2) is 5.64. The highest BCUT2D eigenvalue weighted by Crippen LogP contribution is 2.39. The van der Waals surface area contributed by atoms with Gasteiger partial charge in [0.2, 0.25) is 11.8 Å². The van der Waals surface area contributed by atoms with E-state index in [1.165, 1.54) is 23.1 Å². The number of amides is 1. The van der Waals surface area contributed by atoms with E-state index in [1.54, 1.807) is 11.4 Å². The van der Waals surface area contributed by atoms with E-state index in [9.17, 15) is 4.79 Å². The van der Waals surface area contributed by atoms with Gasteiger partial charge < -0.3 is 9.73 Å². The summed E-state index contributed by atoms with van der Waals surface area (Å²) in [5.74, 6) is 1.06. The number of nitrogens with one attached hydrogen (secondary N) is 1. The molecule has 1 N–H and O–H groups in total. The molecule has 20 heavy (non-hydrogen) atoms. The summed E-state index contributed by atoms with van der Waals surface area (Å²) in [6, 6.07) is 3.70. The van der Waals surface area contributed by atoms with Gasteiger partial charge in [-0.05, 0) is 24.3 Å². The molecule has 0 unspecified atom stereocenters. The molecule has 2 aromatic heterocycles. The highest BCUT2D eigenvalue weighted by atomic mass is 32.2. The van der Waals surface area contributed by atoms with E-state index >= 15 is 0 Å². The topological polar surface area (TPSA) is 91.8 Å². The Hall–Kier alpha value is -1.85. The summed E-state index contributed by atoms with van der Waals surface area (Å²) in [6.07, 6.45) is 2.20. The molecule has 102 valence electrons. The normalized spacial score (nSPS) is 13.9. The molecule has 2 aromatic rings. The predicted octanol–water partition coefficient (Wildman–Crippen LogP) is 2.61. The van der Waals surface area contributed by atoms with Crippen molar-refractivity contribution in [2.24, 2.45) is 0 Å². The third-order valence-corrected chi connectivity index (χ3v) is 4.36. The van der Waals surface area contributed by atoms with Gasteiger partial charge in [0.15, 0.2) is 0 Å². The number of hydrogen-bond acceptors (Lipinski definition) is 7. The zero-order chi connectivity index (χ0) is 13.9. The zero-order valence-electron chi connectivity index (χ0n) is 10.3. The molecule has 0 aliphatic heterocycles. The molecule has 0 radical (unpaired) electrons. The van der Waals surface area contributed by atoms with Crippen molar-refractivity contribution in [1.82, 2.24) is 10.2 Å². The summed E-state index contributed by atoms with van der Waals surface area (Å²) in [7, 11) is 0. The molecule has 1 amide bonds. The van der Waals surface area contributed by atoms with Gasteiger partial charge in [-0.15, -0.1) is 21.5 Å². The third kappa shape index (κ3) is 3.00. The summed E-state index contributed by atoms with van der Waals surface area (Å²) in [5, 5.41) is 22.1. The van der Waals surface area contributed by atoms with Gasteiger partial charge in [0.25, 0.3) is 5.22 Å². The molecule has 0 saturated heterocycles. The largest absolute Gasteiger partial charge is 0.416 e. The maximum atomic E-state index is 11.8. The number of anilines is 1. The van der Waals surface area contributed by atoms with Gasteiger partial charge >= 0.3 is 0 Å². The van der Waals surface area contributed by atoms with E-state index in [2.05, 4.69) is 15.5 Å². The minimum Gasteiger partial charge on any atom is -0.416 e. The summed E-state index contributed by atoms with van der Waals surface area (Å²) in [6.45, 7) is 0. The Labute approximate surface area is 123 Å². The monoisotopic (exact) mass is 306 g/mol. The van der Waals surface area contributed by atoms with Crippen molar-refractivity contribution in [2.75, 3.05) is 11.1 Å². The average Bonchev–Trinajstić information content (AvgIpc) is 3.02. The van der Waals surface area contributed by atoms with Crippen LogP contribution in [0.5, 0.6) is 0 Å². The Morgan fingerprint density at radius 2 is 2.45 bits per heavy atom. The van der Waals surface area contributed by atoms with Crippen LogP contribution in [0.3, 0.4) is 0 Å². The average molecular weight is 306 g/mol. The lowest BCUT2D eigenvalue weighted by Gasteiger charge is -2.00. The highest BCUT2D eigenvalue weighted by molar-refractivity contribution is 7.99. The number of nitrogens with zero attached hydrogens (tertiary/aromatic N) is 3. The maximum absolute atomic E-state index is 11.8. The predicted molar refractivity (Wildman–Crippen MR) is 74.7 cm³/mol. The fourth-order valence-corrected chi connectivity index (χ4v) is 2.88. The quantitative estimate of drug-likeness (QED) is 0.854. The molecule has 1 aliphatic carbocycles. The Morgan fingerprint density at radius 1 is 1.60 bits per heavy atom. The molecule has 8 heteroatoms. The first-order valence-electron chi connectivity index (χ1n) is 6.00. The number of thiophene rings is 1. The van der Waals surface area contributed by atoms with E-state index < -0.39 is 0 Å². The van der Waals surface area contributed by atoms with Crippen LogP contribution in [0.2, 0.25) is 0 Å². The summed E-state index contributed by atoms with van der Waals surface area (Å²) in [5.41, 5.74) is 0.474. The first kappa shape index (κ1) is 13.1. The summed E-state index contributed by atoms with van der Waals surface area (Å²) < 4.78 is 5.45. The molecule has 2 heterocycles. The molecular formula is C12H10N4O2S2. The number of hydrogen-bond donors (Lipinski definition) is 1. The second-order valence-corrected chi connectivity index (χ2v) is 6.14. The van der Waals surface area contributed by atoms with Crippen molar-refractivity contribution in [1.29, 1.82) is 5.26 Å². The van der Waals surface area contributed by atoms with Crippen LogP contribution >= 0.6 is 23.1 Å². The fraction of sp³-hybridized carbons (Fsp3) is 0.333. The molecule has 1 saturated carbocycles. The lowest BCUT2D eigenvalue weighted by molar-refractivity contribution is -0.113. The minimum absolute atomic E-state index is 0.176. The van der Waals surface area contributed by atoms with Crippen molar-refractivity contribution in [3.63, 3.8) is 0 Å². The van der Waals surface area contributed by atoms with E-state index in [0.717, 1.165) is 12.8 Å². The molecule has 0 atom stereocenters. The van der Waals surface area contributed by atoms with Crippen LogP contribution < -0.4 is 5.32 Å². The van der Waals surface area contributed by atoms with Gasteiger partial charge in [0.05, 0.1) is 11.3 Å². The molecule has 0 aromatic carbocycles. The van der Waals surface area contributed by atoms with Crippen molar-refractivity contribution in [3.05, 3.63) is 22.9 Å². The lowest BCUT2D eigenvalue weighted by Crippen LogP contribution is -2.13. The van der Waals surface area contributed by atoms with Crippen LogP contribution in [0.25, 0.3) is 0 Å². The Balaban J connectivity index is 1.52. The van der Waals surface area contributed by atoms with Gasteiger partial charge in [0, 0.05) is 5.92 Å². The molecule has 3 rings (SSSR count). The molecule has 1 aliphatic rings. The van der Waals surface area contributed by atoms with Gasteiger partial charge in [0.1, 0.15) is 11.1 Å². The fourth-order valence-electron chi connectivity index (χ4n) is 1.56. The Kier molecular flexibility index (Phi) is 3.71. The smallest absolute Gasteiger partial charge is 0.277 e. The number of thioether (sulfide) groups is 1. The van der Waals surface area contributed by atoms with E-state index in [4.69, 9.17) is 9.68 Å². The van der Waals surface area contributed by atoms with E-state index in [-0.39, 0.29) is 11.7 Å². The standard InChI is InChI=1S/C12H10N4O2S2/c13-5-8-3-4-19-11(8)14-9(17)6-20-12-16-15-10(18-12)7-1-2-7/h3-4,7H,1-2,6H2,(H,14,17). The first-order chi connectivity index (χ1) is 9.76. The maximum Gasteiger partial charge on any atom is 0.277 e. The van der Waals surface area contributed by atoms with Crippen molar-refractivity contribution in [3.8, 4) is 6.07 Å². The van der Waals surface area contributed by atoms with Gasteiger partial charge in [-0.3, -0.25) is 4.79 Å². The van der Waals surface area contributed by atoms with Crippen LogP contribution in [0.4, 0.5) is 5.00 Å².